The molecular weight excluding hydrogens is 236 g/mol. The van der Waals surface area contributed by atoms with Gasteiger partial charge in [0.25, 0.3) is 0 Å². The first-order valence-corrected chi connectivity index (χ1v) is 6.43. The van der Waals surface area contributed by atoms with Crippen LogP contribution in [0.15, 0.2) is 49.1 Å². The predicted octanol–water partition coefficient (Wildman–Crippen LogP) is 4.02. The summed E-state index contributed by atoms with van der Waals surface area (Å²) in [6.45, 7) is 10.1. The molecule has 0 heterocycles. The van der Waals surface area contributed by atoms with E-state index in [4.69, 9.17) is 4.74 Å². The lowest BCUT2D eigenvalue weighted by Crippen LogP contribution is -2.14. The Hall–Kier alpha value is -1.80. The normalized spacial score (nSPS) is 13.3. The zero-order valence-electron chi connectivity index (χ0n) is 11.7. The number of benzene rings is 2. The van der Waals surface area contributed by atoms with Gasteiger partial charge in [0.2, 0.25) is 6.29 Å². The Balaban J connectivity index is 2.62. The summed E-state index contributed by atoms with van der Waals surface area (Å²) in [5.41, 5.74) is 1.33. The Morgan fingerprint density at radius 3 is 2.32 bits per heavy atom. The summed E-state index contributed by atoms with van der Waals surface area (Å²) in [6.07, 6.45) is 0.385. The Bertz CT molecular complexity index is 594. The fourth-order valence-electron chi connectivity index (χ4n) is 2.21. The smallest absolute Gasteiger partial charge is 0.217 e. The molecule has 2 nitrogen and oxygen atoms in total. The van der Waals surface area contributed by atoms with Crippen molar-refractivity contribution < 1.29 is 9.84 Å². The van der Waals surface area contributed by atoms with Crippen LogP contribution >= 0.6 is 0 Å². The molecule has 2 rings (SSSR count). The molecule has 100 valence electrons. The fourth-order valence-corrected chi connectivity index (χ4v) is 2.21. The predicted molar refractivity (Wildman–Crippen MR) is 79.5 cm³/mol. The van der Waals surface area contributed by atoms with E-state index in [0.717, 1.165) is 10.8 Å². The van der Waals surface area contributed by atoms with Crippen molar-refractivity contribution >= 4 is 10.8 Å². The highest BCUT2D eigenvalue weighted by Crippen LogP contribution is 2.35. The lowest BCUT2D eigenvalue weighted by molar-refractivity contribution is 0.0263. The second-order valence-corrected chi connectivity index (χ2v) is 5.65. The van der Waals surface area contributed by atoms with Crippen LogP contribution in [0, 0.1) is 0 Å². The largest absolute Gasteiger partial charge is 0.461 e. The first kappa shape index (κ1) is 13.6. The SMILES string of the molecule is C=CC(O)Oc1ccc(C(C)(C)C)c2ccccc12. The van der Waals surface area contributed by atoms with E-state index in [9.17, 15) is 5.11 Å². The zero-order valence-corrected chi connectivity index (χ0v) is 11.7. The Kier molecular flexibility index (Phi) is 3.63. The first-order valence-electron chi connectivity index (χ1n) is 6.43. The van der Waals surface area contributed by atoms with Gasteiger partial charge in [-0.3, -0.25) is 0 Å². The number of aliphatic hydroxyl groups excluding tert-OH is 1. The van der Waals surface area contributed by atoms with Crippen LogP contribution in [0.1, 0.15) is 26.3 Å². The summed E-state index contributed by atoms with van der Waals surface area (Å²) in [5, 5.41) is 11.7. The van der Waals surface area contributed by atoms with Crippen LogP contribution in [0.4, 0.5) is 0 Å². The van der Waals surface area contributed by atoms with Crippen molar-refractivity contribution in [3.05, 3.63) is 54.6 Å². The highest BCUT2D eigenvalue weighted by Gasteiger charge is 2.18. The number of hydrogen-bond acceptors (Lipinski definition) is 2. The highest BCUT2D eigenvalue weighted by molar-refractivity contribution is 5.91. The lowest BCUT2D eigenvalue weighted by Gasteiger charge is -2.23. The minimum absolute atomic E-state index is 0.0647. The number of aliphatic hydroxyl groups is 1. The van der Waals surface area contributed by atoms with Crippen LogP contribution in [0.3, 0.4) is 0 Å². The molecule has 0 saturated heterocycles. The topological polar surface area (TPSA) is 29.5 Å². The van der Waals surface area contributed by atoms with E-state index in [1.165, 1.54) is 11.6 Å². The number of hydrogen-bond donors (Lipinski definition) is 1. The van der Waals surface area contributed by atoms with Crippen LogP contribution in [0.2, 0.25) is 0 Å². The summed E-state index contributed by atoms with van der Waals surface area (Å²) in [4.78, 5) is 0. The van der Waals surface area contributed by atoms with Crippen molar-refractivity contribution in [3.63, 3.8) is 0 Å². The molecule has 0 aromatic heterocycles. The van der Waals surface area contributed by atoms with Crippen molar-refractivity contribution in [1.82, 2.24) is 0 Å². The Morgan fingerprint density at radius 1 is 1.11 bits per heavy atom. The standard InChI is InChI=1S/C17H20O2/c1-5-16(18)19-15-11-10-14(17(2,3)4)12-8-6-7-9-13(12)15/h5-11,16,18H,1H2,2-4H3. The zero-order chi connectivity index (χ0) is 14.0. The third-order valence-electron chi connectivity index (χ3n) is 3.14. The summed E-state index contributed by atoms with van der Waals surface area (Å²) >= 11 is 0. The third kappa shape index (κ3) is 2.79. The van der Waals surface area contributed by atoms with Crippen molar-refractivity contribution in [1.29, 1.82) is 0 Å². The van der Waals surface area contributed by atoms with Crippen molar-refractivity contribution in [2.45, 2.75) is 32.5 Å². The van der Waals surface area contributed by atoms with E-state index in [0.29, 0.717) is 5.75 Å². The van der Waals surface area contributed by atoms with Gasteiger partial charge in [-0.2, -0.15) is 0 Å². The summed E-state index contributed by atoms with van der Waals surface area (Å²) in [5.74, 6) is 0.677. The molecule has 19 heavy (non-hydrogen) atoms. The number of ether oxygens (including phenoxy) is 1. The van der Waals surface area contributed by atoms with Crippen molar-refractivity contribution in [2.75, 3.05) is 0 Å². The minimum Gasteiger partial charge on any atom is -0.461 e. The van der Waals surface area contributed by atoms with E-state index in [-0.39, 0.29) is 5.41 Å². The molecule has 0 aliphatic heterocycles. The van der Waals surface area contributed by atoms with Gasteiger partial charge in [0, 0.05) is 5.39 Å². The molecule has 0 aliphatic rings. The first-order chi connectivity index (χ1) is 8.93. The quantitative estimate of drug-likeness (QED) is 0.664. The molecule has 1 N–H and O–H groups in total. The van der Waals surface area contributed by atoms with E-state index in [2.05, 4.69) is 39.5 Å². The lowest BCUT2D eigenvalue weighted by atomic mass is 9.83. The Morgan fingerprint density at radius 2 is 1.74 bits per heavy atom. The van der Waals surface area contributed by atoms with E-state index in [1.807, 2.05) is 24.3 Å². The molecule has 0 amide bonds. The molecular formula is C17H20O2. The monoisotopic (exact) mass is 256 g/mol. The van der Waals surface area contributed by atoms with Crippen LogP contribution < -0.4 is 4.74 Å². The molecule has 0 saturated carbocycles. The van der Waals surface area contributed by atoms with Gasteiger partial charge in [0.05, 0.1) is 0 Å². The number of fused-ring (bicyclic) bond motifs is 1. The fraction of sp³-hybridized carbons (Fsp3) is 0.294. The van der Waals surface area contributed by atoms with Crippen LogP contribution in [-0.4, -0.2) is 11.4 Å². The summed E-state index contributed by atoms with van der Waals surface area (Å²) in [6, 6.07) is 12.1. The minimum atomic E-state index is -0.983. The molecule has 0 fully saturated rings. The van der Waals surface area contributed by atoms with Gasteiger partial charge in [-0.1, -0.05) is 57.7 Å². The highest BCUT2D eigenvalue weighted by atomic mass is 16.6. The van der Waals surface area contributed by atoms with Crippen LogP contribution in [0.25, 0.3) is 10.8 Å². The molecule has 2 heteroatoms. The van der Waals surface area contributed by atoms with Gasteiger partial charge < -0.3 is 9.84 Å². The molecule has 1 unspecified atom stereocenters. The molecule has 2 aromatic rings. The molecule has 0 aliphatic carbocycles. The molecule has 0 spiro atoms. The summed E-state index contributed by atoms with van der Waals surface area (Å²) in [7, 11) is 0. The molecule has 1 atom stereocenters. The van der Waals surface area contributed by atoms with Gasteiger partial charge in [0.1, 0.15) is 5.75 Å². The van der Waals surface area contributed by atoms with Gasteiger partial charge in [-0.05, 0) is 28.5 Å². The maximum Gasteiger partial charge on any atom is 0.217 e. The van der Waals surface area contributed by atoms with E-state index < -0.39 is 6.29 Å². The third-order valence-corrected chi connectivity index (χ3v) is 3.14. The van der Waals surface area contributed by atoms with Crippen LogP contribution in [0.5, 0.6) is 5.75 Å². The maximum absolute atomic E-state index is 9.56. The van der Waals surface area contributed by atoms with Gasteiger partial charge in [-0.25, -0.2) is 0 Å². The molecule has 0 radical (unpaired) electrons. The maximum atomic E-state index is 9.56. The average Bonchev–Trinajstić information content (AvgIpc) is 2.37. The molecule has 0 bridgehead atoms. The van der Waals surface area contributed by atoms with Gasteiger partial charge in [0.15, 0.2) is 0 Å². The Labute approximate surface area is 114 Å². The number of rotatable bonds is 3. The van der Waals surface area contributed by atoms with Crippen molar-refractivity contribution in [2.24, 2.45) is 0 Å². The molecule has 2 aromatic carbocycles. The van der Waals surface area contributed by atoms with E-state index >= 15 is 0 Å². The van der Waals surface area contributed by atoms with Gasteiger partial charge >= 0.3 is 0 Å². The van der Waals surface area contributed by atoms with Crippen molar-refractivity contribution in [3.8, 4) is 5.75 Å². The van der Waals surface area contributed by atoms with Gasteiger partial charge in [-0.15, -0.1) is 0 Å². The van der Waals surface area contributed by atoms with E-state index in [1.54, 1.807) is 0 Å². The average molecular weight is 256 g/mol. The van der Waals surface area contributed by atoms with Crippen LogP contribution in [-0.2, 0) is 5.41 Å². The second-order valence-electron chi connectivity index (χ2n) is 5.65. The second kappa shape index (κ2) is 5.06. The summed E-state index contributed by atoms with van der Waals surface area (Å²) < 4.78 is 5.48.